The van der Waals surface area contributed by atoms with Gasteiger partial charge in [0.15, 0.2) is 12.6 Å². The number of hydrogen-bond acceptors (Lipinski definition) is 6. The van der Waals surface area contributed by atoms with Crippen LogP contribution >= 0.6 is 0 Å². The number of nitrogens with one attached hydrogen (secondary N) is 1. The lowest BCUT2D eigenvalue weighted by Gasteiger charge is -2.49. The molecule has 0 aromatic heterocycles. The van der Waals surface area contributed by atoms with Crippen LogP contribution in [0.2, 0.25) is 0 Å². The molecule has 3 aromatic carbocycles. The summed E-state index contributed by atoms with van der Waals surface area (Å²) in [5.74, 6) is -0.199. The first-order valence-corrected chi connectivity index (χ1v) is 12.2. The molecule has 6 atom stereocenters. The van der Waals surface area contributed by atoms with E-state index in [1.807, 2.05) is 91.0 Å². The van der Waals surface area contributed by atoms with Crippen LogP contribution in [0.1, 0.15) is 29.9 Å². The molecule has 0 unspecified atom stereocenters. The monoisotopic (exact) mass is 489 g/mol. The molecule has 0 aliphatic carbocycles. The first kappa shape index (κ1) is 24.6. The molecule has 7 nitrogen and oxygen atoms in total. The molecule has 5 rings (SSSR count). The third kappa shape index (κ3) is 6.00. The second-order valence-electron chi connectivity index (χ2n) is 9.00. The van der Waals surface area contributed by atoms with Crippen molar-refractivity contribution in [3.05, 3.63) is 108 Å². The second kappa shape index (κ2) is 11.8. The summed E-state index contributed by atoms with van der Waals surface area (Å²) in [4.78, 5) is 12.3. The summed E-state index contributed by atoms with van der Waals surface area (Å²) in [6.07, 6.45) is -2.71. The van der Waals surface area contributed by atoms with Crippen molar-refractivity contribution in [3.63, 3.8) is 0 Å². The van der Waals surface area contributed by atoms with Crippen LogP contribution in [0.25, 0.3) is 0 Å². The zero-order valence-corrected chi connectivity index (χ0v) is 20.2. The molecule has 0 spiro atoms. The van der Waals surface area contributed by atoms with E-state index in [0.29, 0.717) is 19.8 Å². The molecule has 7 heteroatoms. The fraction of sp³-hybridized carbons (Fsp3) is 0.345. The van der Waals surface area contributed by atoms with E-state index < -0.39 is 36.9 Å². The summed E-state index contributed by atoms with van der Waals surface area (Å²) >= 11 is 0. The third-order valence-corrected chi connectivity index (χ3v) is 6.32. The Hall–Kier alpha value is -3.07. The van der Waals surface area contributed by atoms with Crippen molar-refractivity contribution >= 4 is 5.91 Å². The molecule has 2 aliphatic rings. The van der Waals surface area contributed by atoms with E-state index in [4.69, 9.17) is 23.7 Å². The molecule has 1 amide bonds. The number of benzene rings is 3. The Labute approximate surface area is 211 Å². The first-order chi connectivity index (χ1) is 17.7. The van der Waals surface area contributed by atoms with Crippen LogP contribution in [-0.2, 0) is 41.7 Å². The van der Waals surface area contributed by atoms with Gasteiger partial charge in [-0.25, -0.2) is 0 Å². The van der Waals surface area contributed by atoms with Gasteiger partial charge in [-0.15, -0.1) is 0 Å². The van der Waals surface area contributed by atoms with Crippen molar-refractivity contribution in [1.82, 2.24) is 5.32 Å². The van der Waals surface area contributed by atoms with Crippen molar-refractivity contribution in [1.29, 1.82) is 0 Å². The number of rotatable bonds is 8. The largest absolute Gasteiger partial charge is 0.368 e. The predicted molar refractivity (Wildman–Crippen MR) is 133 cm³/mol. The van der Waals surface area contributed by atoms with E-state index >= 15 is 0 Å². The van der Waals surface area contributed by atoms with Gasteiger partial charge in [0, 0.05) is 12.5 Å². The average molecular weight is 490 g/mol. The fourth-order valence-electron chi connectivity index (χ4n) is 4.60. The van der Waals surface area contributed by atoms with Gasteiger partial charge in [0.2, 0.25) is 5.91 Å². The Morgan fingerprint density at radius 3 is 2.03 bits per heavy atom. The quantitative estimate of drug-likeness (QED) is 0.513. The molecule has 2 fully saturated rings. The van der Waals surface area contributed by atoms with Crippen LogP contribution in [0.4, 0.5) is 0 Å². The summed E-state index contributed by atoms with van der Waals surface area (Å²) < 4.78 is 31.4. The van der Waals surface area contributed by atoms with E-state index in [1.54, 1.807) is 0 Å². The average Bonchev–Trinajstić information content (AvgIpc) is 2.92. The van der Waals surface area contributed by atoms with Gasteiger partial charge in [-0.1, -0.05) is 91.0 Å². The van der Waals surface area contributed by atoms with Gasteiger partial charge < -0.3 is 29.0 Å². The van der Waals surface area contributed by atoms with Crippen molar-refractivity contribution in [2.75, 3.05) is 6.61 Å². The van der Waals surface area contributed by atoms with Gasteiger partial charge in [0.1, 0.15) is 24.4 Å². The van der Waals surface area contributed by atoms with E-state index in [-0.39, 0.29) is 5.91 Å². The number of amides is 1. The van der Waals surface area contributed by atoms with Crippen LogP contribution in [0.3, 0.4) is 0 Å². The molecule has 36 heavy (non-hydrogen) atoms. The number of carbonyl (C=O) groups excluding carboxylic acids is 1. The summed E-state index contributed by atoms with van der Waals surface area (Å²) in [6.45, 7) is 2.48. The SMILES string of the molecule is CC(=O)N[C@H]1[C@H](OCc2ccccc2)O[C@@H]2CO[C@H](c3ccccc3)O[C@H]2[C@@H]1OCc1ccccc1. The molecule has 0 saturated carbocycles. The molecule has 2 heterocycles. The topological polar surface area (TPSA) is 75.3 Å². The van der Waals surface area contributed by atoms with Crippen molar-refractivity contribution in [2.24, 2.45) is 0 Å². The molecular formula is C29H31NO6. The Kier molecular flexibility index (Phi) is 8.05. The van der Waals surface area contributed by atoms with Gasteiger partial charge in [0.25, 0.3) is 0 Å². The zero-order chi connectivity index (χ0) is 24.7. The maximum Gasteiger partial charge on any atom is 0.217 e. The second-order valence-corrected chi connectivity index (χ2v) is 9.00. The van der Waals surface area contributed by atoms with Gasteiger partial charge >= 0.3 is 0 Å². The summed E-state index contributed by atoms with van der Waals surface area (Å²) in [5.41, 5.74) is 2.94. The molecule has 0 bridgehead atoms. The zero-order valence-electron chi connectivity index (χ0n) is 20.2. The predicted octanol–water partition coefficient (Wildman–Crippen LogP) is 4.13. The molecule has 188 valence electrons. The minimum Gasteiger partial charge on any atom is -0.368 e. The first-order valence-electron chi connectivity index (χ1n) is 12.2. The molecule has 2 aliphatic heterocycles. The van der Waals surface area contributed by atoms with Crippen molar-refractivity contribution in [2.45, 2.75) is 57.1 Å². The van der Waals surface area contributed by atoms with Crippen LogP contribution in [0.15, 0.2) is 91.0 Å². The summed E-state index contributed by atoms with van der Waals surface area (Å²) in [7, 11) is 0. The minimum absolute atomic E-state index is 0.199. The molecule has 2 saturated heterocycles. The Balaban J connectivity index is 1.40. The smallest absolute Gasteiger partial charge is 0.217 e. The van der Waals surface area contributed by atoms with Crippen LogP contribution in [0.5, 0.6) is 0 Å². The molecular weight excluding hydrogens is 458 g/mol. The maximum absolute atomic E-state index is 12.3. The van der Waals surface area contributed by atoms with E-state index in [2.05, 4.69) is 5.32 Å². The fourth-order valence-corrected chi connectivity index (χ4v) is 4.60. The van der Waals surface area contributed by atoms with Gasteiger partial charge in [0.05, 0.1) is 19.8 Å². The Morgan fingerprint density at radius 2 is 1.42 bits per heavy atom. The van der Waals surface area contributed by atoms with Crippen molar-refractivity contribution < 1.29 is 28.5 Å². The van der Waals surface area contributed by atoms with Gasteiger partial charge in [-0.05, 0) is 11.1 Å². The van der Waals surface area contributed by atoms with Crippen LogP contribution in [0, 0.1) is 0 Å². The lowest BCUT2D eigenvalue weighted by Crippen LogP contribution is -2.67. The molecule has 1 N–H and O–H groups in total. The van der Waals surface area contributed by atoms with Crippen LogP contribution < -0.4 is 5.32 Å². The highest BCUT2D eigenvalue weighted by molar-refractivity contribution is 5.73. The van der Waals surface area contributed by atoms with E-state index in [1.165, 1.54) is 6.92 Å². The number of hydrogen-bond donors (Lipinski definition) is 1. The van der Waals surface area contributed by atoms with Crippen LogP contribution in [-0.4, -0.2) is 43.2 Å². The highest BCUT2D eigenvalue weighted by Gasteiger charge is 2.51. The van der Waals surface area contributed by atoms with Gasteiger partial charge in [-0.2, -0.15) is 0 Å². The number of fused-ring (bicyclic) bond motifs is 1. The van der Waals surface area contributed by atoms with Gasteiger partial charge in [-0.3, -0.25) is 4.79 Å². The Morgan fingerprint density at radius 1 is 0.833 bits per heavy atom. The molecule has 0 radical (unpaired) electrons. The minimum atomic E-state index is -0.739. The van der Waals surface area contributed by atoms with Crippen molar-refractivity contribution in [3.8, 4) is 0 Å². The van der Waals surface area contributed by atoms with E-state index in [9.17, 15) is 4.79 Å². The summed E-state index contributed by atoms with van der Waals surface area (Å²) in [6, 6.07) is 29.0. The normalized spacial score (nSPS) is 27.7. The molecule has 3 aromatic rings. The highest BCUT2D eigenvalue weighted by atomic mass is 16.7. The van der Waals surface area contributed by atoms with E-state index in [0.717, 1.165) is 16.7 Å². The number of carbonyl (C=O) groups is 1. The maximum atomic E-state index is 12.3. The highest BCUT2D eigenvalue weighted by Crippen LogP contribution is 2.36. The standard InChI is InChI=1S/C29H31NO6/c1-20(31)30-25-27(32-17-21-11-5-2-6-12-21)26-24(19-34-28(36-26)23-15-9-4-10-16-23)35-29(25)33-18-22-13-7-3-8-14-22/h2-16,24-29H,17-19H2,1H3,(H,30,31)/t24-,25-,26-,27-,28+,29-/m1/s1. The number of ether oxygens (including phenoxy) is 5. The third-order valence-electron chi connectivity index (χ3n) is 6.32. The Bertz CT molecular complexity index is 1100. The summed E-state index contributed by atoms with van der Waals surface area (Å²) in [5, 5.41) is 3.01. The lowest BCUT2D eigenvalue weighted by atomic mass is 9.95. The lowest BCUT2D eigenvalue weighted by molar-refractivity contribution is -0.350.